The Morgan fingerprint density at radius 3 is 2.64 bits per heavy atom. The van der Waals surface area contributed by atoms with Crippen molar-refractivity contribution in [3.05, 3.63) is 0 Å². The summed E-state index contributed by atoms with van der Waals surface area (Å²) in [5, 5.41) is 3.28. The molecule has 2 fully saturated rings. The molecule has 0 aromatic carbocycles. The molecule has 3 heteroatoms. The molecule has 1 aliphatic heterocycles. The van der Waals surface area contributed by atoms with Gasteiger partial charge in [-0.2, -0.15) is 0 Å². The summed E-state index contributed by atoms with van der Waals surface area (Å²) in [5.74, 6) is 2.32. The van der Waals surface area contributed by atoms with Crippen LogP contribution >= 0.6 is 0 Å². The summed E-state index contributed by atoms with van der Waals surface area (Å²) < 4.78 is 0. The lowest BCUT2D eigenvalue weighted by molar-refractivity contribution is -0.129. The maximum Gasteiger partial charge on any atom is 0.241 e. The lowest BCUT2D eigenvalue weighted by Gasteiger charge is -2.16. The van der Waals surface area contributed by atoms with Crippen LogP contribution in [0.15, 0.2) is 0 Å². The first-order valence-electron chi connectivity index (χ1n) is 5.61. The highest BCUT2D eigenvalue weighted by Crippen LogP contribution is 2.38. The maximum atomic E-state index is 11.9. The van der Waals surface area contributed by atoms with E-state index in [9.17, 15) is 4.79 Å². The van der Waals surface area contributed by atoms with Gasteiger partial charge in [-0.1, -0.05) is 20.8 Å². The standard InChI is InChI=1S/C11H20N2O/c1-7(2)10-11(14)13(6-12-10)5-9-4-8(9)3/h7-10,12H,4-6H2,1-3H3. The minimum absolute atomic E-state index is 0.0593. The third-order valence-electron chi connectivity index (χ3n) is 3.48. The minimum atomic E-state index is 0.0593. The Labute approximate surface area is 85.8 Å². The second kappa shape index (κ2) is 3.54. The Hall–Kier alpha value is -0.570. The van der Waals surface area contributed by atoms with E-state index in [0.29, 0.717) is 11.8 Å². The zero-order valence-electron chi connectivity index (χ0n) is 9.29. The fourth-order valence-corrected chi connectivity index (χ4v) is 2.18. The first-order valence-corrected chi connectivity index (χ1v) is 5.61. The van der Waals surface area contributed by atoms with Crippen LogP contribution in [0.2, 0.25) is 0 Å². The van der Waals surface area contributed by atoms with Crippen LogP contribution in [0.4, 0.5) is 0 Å². The molecule has 1 saturated carbocycles. The molecule has 1 heterocycles. The third kappa shape index (κ3) is 1.78. The van der Waals surface area contributed by atoms with Crippen LogP contribution in [0.25, 0.3) is 0 Å². The van der Waals surface area contributed by atoms with Crippen molar-refractivity contribution in [2.75, 3.05) is 13.2 Å². The second-order valence-electron chi connectivity index (χ2n) is 5.12. The molecule has 2 aliphatic rings. The largest absolute Gasteiger partial charge is 0.328 e. The summed E-state index contributed by atoms with van der Waals surface area (Å²) in [6, 6.07) is 0.0593. The zero-order chi connectivity index (χ0) is 10.3. The Bertz CT molecular complexity index is 239. The number of carbonyl (C=O) groups excluding carboxylic acids is 1. The first-order chi connectivity index (χ1) is 6.59. The number of nitrogens with zero attached hydrogens (tertiary/aromatic N) is 1. The monoisotopic (exact) mass is 196 g/mol. The van der Waals surface area contributed by atoms with E-state index in [1.165, 1.54) is 6.42 Å². The van der Waals surface area contributed by atoms with E-state index in [1.807, 2.05) is 4.90 Å². The van der Waals surface area contributed by atoms with E-state index in [2.05, 4.69) is 26.1 Å². The number of hydrogen-bond acceptors (Lipinski definition) is 2. The summed E-state index contributed by atoms with van der Waals surface area (Å²) in [6.07, 6.45) is 1.30. The highest BCUT2D eigenvalue weighted by molar-refractivity contribution is 5.84. The fourth-order valence-electron chi connectivity index (χ4n) is 2.18. The van der Waals surface area contributed by atoms with E-state index in [0.717, 1.165) is 25.0 Å². The van der Waals surface area contributed by atoms with Crippen molar-refractivity contribution in [1.82, 2.24) is 10.2 Å². The predicted molar refractivity (Wildman–Crippen MR) is 55.6 cm³/mol. The summed E-state index contributed by atoms with van der Waals surface area (Å²) in [7, 11) is 0. The highest BCUT2D eigenvalue weighted by atomic mass is 16.2. The number of hydrogen-bond donors (Lipinski definition) is 1. The molecule has 2 rings (SSSR count). The molecule has 14 heavy (non-hydrogen) atoms. The van der Waals surface area contributed by atoms with Gasteiger partial charge in [0.25, 0.3) is 0 Å². The molecule has 1 N–H and O–H groups in total. The van der Waals surface area contributed by atoms with Crippen LogP contribution in [-0.4, -0.2) is 30.1 Å². The molecule has 0 radical (unpaired) electrons. The van der Waals surface area contributed by atoms with Gasteiger partial charge in [0.05, 0.1) is 12.7 Å². The molecule has 3 atom stereocenters. The molecule has 80 valence electrons. The van der Waals surface area contributed by atoms with E-state index in [1.54, 1.807) is 0 Å². The molecule has 0 bridgehead atoms. The molecular weight excluding hydrogens is 176 g/mol. The Morgan fingerprint density at radius 1 is 1.57 bits per heavy atom. The number of carbonyl (C=O) groups is 1. The normalized spacial score (nSPS) is 37.0. The van der Waals surface area contributed by atoms with Crippen LogP contribution in [0, 0.1) is 17.8 Å². The van der Waals surface area contributed by atoms with Crippen molar-refractivity contribution in [2.24, 2.45) is 17.8 Å². The fraction of sp³-hybridized carbons (Fsp3) is 0.909. The molecule has 1 saturated heterocycles. The summed E-state index contributed by atoms with van der Waals surface area (Å²) in [6.45, 7) is 8.18. The molecule has 3 unspecified atom stereocenters. The van der Waals surface area contributed by atoms with Crippen LogP contribution in [-0.2, 0) is 4.79 Å². The quantitative estimate of drug-likeness (QED) is 0.732. The van der Waals surface area contributed by atoms with E-state index < -0.39 is 0 Å². The van der Waals surface area contributed by atoms with Gasteiger partial charge < -0.3 is 4.90 Å². The van der Waals surface area contributed by atoms with Gasteiger partial charge in [-0.3, -0.25) is 10.1 Å². The SMILES string of the molecule is CC(C)C1NCN(CC2CC2C)C1=O. The van der Waals surface area contributed by atoms with Crippen molar-refractivity contribution < 1.29 is 4.79 Å². The van der Waals surface area contributed by atoms with Crippen LogP contribution in [0.5, 0.6) is 0 Å². The van der Waals surface area contributed by atoms with Crippen LogP contribution in [0.1, 0.15) is 27.2 Å². The van der Waals surface area contributed by atoms with Crippen molar-refractivity contribution in [3.8, 4) is 0 Å². The van der Waals surface area contributed by atoms with Crippen LogP contribution < -0.4 is 5.32 Å². The molecule has 1 amide bonds. The van der Waals surface area contributed by atoms with Crippen molar-refractivity contribution in [3.63, 3.8) is 0 Å². The average Bonchev–Trinajstić information content (AvgIpc) is 2.65. The van der Waals surface area contributed by atoms with Gasteiger partial charge in [0.2, 0.25) is 5.91 Å². The Morgan fingerprint density at radius 2 is 2.21 bits per heavy atom. The topological polar surface area (TPSA) is 32.3 Å². The van der Waals surface area contributed by atoms with Gasteiger partial charge >= 0.3 is 0 Å². The number of amides is 1. The van der Waals surface area contributed by atoms with Gasteiger partial charge in [-0.15, -0.1) is 0 Å². The van der Waals surface area contributed by atoms with E-state index in [-0.39, 0.29) is 6.04 Å². The number of rotatable bonds is 3. The lowest BCUT2D eigenvalue weighted by atomic mass is 10.1. The molecule has 3 nitrogen and oxygen atoms in total. The smallest absolute Gasteiger partial charge is 0.241 e. The first kappa shape index (κ1) is 9.97. The van der Waals surface area contributed by atoms with E-state index in [4.69, 9.17) is 0 Å². The maximum absolute atomic E-state index is 11.9. The highest BCUT2D eigenvalue weighted by Gasteiger charge is 2.39. The molecular formula is C11H20N2O. The van der Waals surface area contributed by atoms with Crippen LogP contribution in [0.3, 0.4) is 0 Å². The molecule has 0 spiro atoms. The Balaban J connectivity index is 1.87. The number of nitrogens with one attached hydrogen (secondary N) is 1. The predicted octanol–water partition coefficient (Wildman–Crippen LogP) is 1.06. The second-order valence-corrected chi connectivity index (χ2v) is 5.12. The van der Waals surface area contributed by atoms with Gasteiger partial charge in [-0.25, -0.2) is 0 Å². The van der Waals surface area contributed by atoms with Gasteiger partial charge in [0.15, 0.2) is 0 Å². The zero-order valence-corrected chi connectivity index (χ0v) is 9.29. The van der Waals surface area contributed by atoms with Crippen molar-refractivity contribution in [2.45, 2.75) is 33.2 Å². The van der Waals surface area contributed by atoms with Gasteiger partial charge in [-0.05, 0) is 24.2 Å². The minimum Gasteiger partial charge on any atom is -0.328 e. The summed E-state index contributed by atoms with van der Waals surface area (Å²) in [5.41, 5.74) is 0. The van der Waals surface area contributed by atoms with Gasteiger partial charge in [0, 0.05) is 6.54 Å². The molecule has 1 aliphatic carbocycles. The molecule has 0 aromatic rings. The van der Waals surface area contributed by atoms with E-state index >= 15 is 0 Å². The summed E-state index contributed by atoms with van der Waals surface area (Å²) >= 11 is 0. The average molecular weight is 196 g/mol. The van der Waals surface area contributed by atoms with Gasteiger partial charge in [0.1, 0.15) is 0 Å². The lowest BCUT2D eigenvalue weighted by Crippen LogP contribution is -2.35. The van der Waals surface area contributed by atoms with Crippen molar-refractivity contribution >= 4 is 5.91 Å². The third-order valence-corrected chi connectivity index (χ3v) is 3.48. The Kier molecular flexibility index (Phi) is 2.52. The van der Waals surface area contributed by atoms with Crippen molar-refractivity contribution in [1.29, 1.82) is 0 Å². The summed E-state index contributed by atoms with van der Waals surface area (Å²) in [4.78, 5) is 13.9. The molecule has 0 aromatic heterocycles.